The van der Waals surface area contributed by atoms with Gasteiger partial charge in [0.25, 0.3) is 0 Å². The number of ether oxygens (including phenoxy) is 1. The van der Waals surface area contributed by atoms with Gasteiger partial charge in [-0.1, -0.05) is 24.1 Å². The molecule has 1 saturated carbocycles. The van der Waals surface area contributed by atoms with Gasteiger partial charge in [-0.2, -0.15) is 0 Å². The van der Waals surface area contributed by atoms with Gasteiger partial charge in [0.15, 0.2) is 0 Å². The van der Waals surface area contributed by atoms with E-state index in [1.807, 2.05) is 0 Å². The first-order valence-corrected chi connectivity index (χ1v) is 8.18. The summed E-state index contributed by atoms with van der Waals surface area (Å²) in [6.45, 7) is 2.14. The number of likely N-dealkylation sites (tertiary alicyclic amines) is 1. The number of benzene rings is 1. The maximum absolute atomic E-state index is 11.7. The molecule has 0 aromatic rings. The van der Waals surface area contributed by atoms with Crippen LogP contribution in [0.3, 0.4) is 0 Å². The van der Waals surface area contributed by atoms with Crippen molar-refractivity contribution in [1.29, 1.82) is 0 Å². The van der Waals surface area contributed by atoms with E-state index in [-0.39, 0.29) is 30.2 Å². The lowest BCUT2D eigenvalue weighted by Crippen LogP contribution is -2.45. The summed E-state index contributed by atoms with van der Waals surface area (Å²) in [4.78, 5) is 13.3. The molecule has 4 aliphatic rings. The molecular weight excluding hydrogens is 290 g/mol. The first-order valence-electron chi connectivity index (χ1n) is 8.18. The van der Waals surface area contributed by atoms with Gasteiger partial charge in [-0.05, 0) is 49.3 Å². The fraction of sp³-hybridized carbons (Fsp3) is 0.526. The van der Waals surface area contributed by atoms with Crippen LogP contribution >= 0.6 is 0 Å². The van der Waals surface area contributed by atoms with Crippen molar-refractivity contribution in [2.24, 2.45) is 5.92 Å². The van der Waals surface area contributed by atoms with Gasteiger partial charge >= 0.3 is 6.09 Å². The van der Waals surface area contributed by atoms with Gasteiger partial charge in [0, 0.05) is 12.0 Å². The van der Waals surface area contributed by atoms with Crippen molar-refractivity contribution in [3.8, 4) is 23.5 Å². The lowest BCUT2D eigenvalue weighted by molar-refractivity contribution is 0.0382. The van der Waals surface area contributed by atoms with Gasteiger partial charge < -0.3 is 9.84 Å². The van der Waals surface area contributed by atoms with Crippen molar-refractivity contribution < 1.29 is 14.6 Å². The predicted molar refractivity (Wildman–Crippen MR) is 88.8 cm³/mol. The van der Waals surface area contributed by atoms with Crippen LogP contribution in [0.4, 0.5) is 4.79 Å². The Labute approximate surface area is 137 Å². The second-order valence-electron chi connectivity index (χ2n) is 6.55. The minimum atomic E-state index is -0.371. The van der Waals surface area contributed by atoms with Crippen molar-refractivity contribution >= 4 is 6.09 Å². The Bertz CT molecular complexity index is 649. The maximum atomic E-state index is 11.7. The molecule has 1 N–H and O–H groups in total. The summed E-state index contributed by atoms with van der Waals surface area (Å²) in [7, 11) is 1.36. The monoisotopic (exact) mass is 313 g/mol. The molecule has 0 aromatic heterocycles. The molecule has 1 saturated heterocycles. The Morgan fingerprint density at radius 2 is 2.22 bits per heavy atom. The number of rotatable bonds is 0. The second-order valence-corrected chi connectivity index (χ2v) is 6.55. The molecule has 4 rings (SSSR count). The summed E-state index contributed by atoms with van der Waals surface area (Å²) < 4.78 is 4.76. The normalized spacial score (nSPS) is 29.7. The van der Waals surface area contributed by atoms with Crippen LogP contribution in [0.25, 0.3) is 11.1 Å². The van der Waals surface area contributed by atoms with Crippen molar-refractivity contribution in [2.45, 2.75) is 50.8 Å². The van der Waals surface area contributed by atoms with Crippen LogP contribution in [0.5, 0.6) is 0 Å². The number of aliphatic hydroxyl groups is 1. The van der Waals surface area contributed by atoms with Crippen LogP contribution < -0.4 is 0 Å². The fourth-order valence-electron chi connectivity index (χ4n) is 3.98. The molecule has 4 unspecified atom stereocenters. The standard InChI is InChI=1S/C12H17NO3.C7H6/c1-3-8-7-9-10(5-4-6-11(9)14)13(8)12(15)16-2;1-5-4-6-2-3-7(5)6/h1,8-11,14H,4-7H2,2H3;2-4H,1H3. The third-order valence-electron chi connectivity index (χ3n) is 5.29. The van der Waals surface area contributed by atoms with Gasteiger partial charge in [-0.25, -0.2) is 4.79 Å². The average molecular weight is 313 g/mol. The molecule has 2 fully saturated rings. The highest BCUT2D eigenvalue weighted by Crippen LogP contribution is 2.40. The van der Waals surface area contributed by atoms with Crippen LogP contribution in [-0.2, 0) is 4.74 Å². The van der Waals surface area contributed by atoms with Gasteiger partial charge in [-0.15, -0.1) is 6.42 Å². The Morgan fingerprint density at radius 3 is 2.65 bits per heavy atom. The molecule has 4 heteroatoms. The molecule has 0 spiro atoms. The molecule has 122 valence electrons. The highest BCUT2D eigenvalue weighted by molar-refractivity contribution is 5.80. The SMILES string of the molecule is C#CC1CC2C(O)CCCC2N1C(=O)OC.Cc1cc2ccc1-2. The first kappa shape index (κ1) is 15.9. The van der Waals surface area contributed by atoms with Crippen molar-refractivity contribution in [1.82, 2.24) is 4.90 Å². The molecular formula is C19H23NO3. The maximum Gasteiger partial charge on any atom is 0.410 e. The minimum Gasteiger partial charge on any atom is -0.453 e. The lowest BCUT2D eigenvalue weighted by atomic mass is 9.82. The van der Waals surface area contributed by atoms with E-state index in [1.165, 1.54) is 23.8 Å². The second kappa shape index (κ2) is 6.25. The van der Waals surface area contributed by atoms with E-state index in [2.05, 4.69) is 31.0 Å². The third kappa shape index (κ3) is 2.70. The van der Waals surface area contributed by atoms with Crippen LogP contribution in [0.15, 0.2) is 18.2 Å². The third-order valence-corrected chi connectivity index (χ3v) is 5.29. The molecule has 4 nitrogen and oxygen atoms in total. The van der Waals surface area contributed by atoms with Crippen molar-refractivity contribution in [2.75, 3.05) is 7.11 Å². The van der Waals surface area contributed by atoms with E-state index in [1.54, 1.807) is 4.90 Å². The van der Waals surface area contributed by atoms with Gasteiger partial charge in [0.2, 0.25) is 0 Å². The summed E-state index contributed by atoms with van der Waals surface area (Å²) in [6.07, 6.45) is 8.09. The molecule has 1 heterocycles. The van der Waals surface area contributed by atoms with E-state index < -0.39 is 0 Å². The number of carbonyl (C=O) groups is 1. The Balaban J connectivity index is 0.000000183. The van der Waals surface area contributed by atoms with Crippen LogP contribution in [0.1, 0.15) is 31.2 Å². The Hall–Kier alpha value is -1.99. The highest BCUT2D eigenvalue weighted by atomic mass is 16.5. The average Bonchev–Trinajstić information content (AvgIpc) is 2.92. The number of fused-ring (bicyclic) bond motifs is 2. The largest absolute Gasteiger partial charge is 0.453 e. The topological polar surface area (TPSA) is 49.8 Å². The van der Waals surface area contributed by atoms with E-state index in [0.717, 1.165) is 19.3 Å². The summed E-state index contributed by atoms with van der Waals surface area (Å²) in [6, 6.07) is 6.33. The smallest absolute Gasteiger partial charge is 0.410 e. The molecule has 23 heavy (non-hydrogen) atoms. The number of nitrogens with zero attached hydrogens (tertiary/aromatic N) is 1. The van der Waals surface area contributed by atoms with Crippen LogP contribution in [0.2, 0.25) is 0 Å². The fourth-order valence-corrected chi connectivity index (χ4v) is 3.98. The van der Waals surface area contributed by atoms with Crippen LogP contribution in [-0.4, -0.2) is 41.4 Å². The number of hydrogen-bond acceptors (Lipinski definition) is 3. The number of carbonyl (C=O) groups excluding carboxylic acids is 1. The summed E-state index contributed by atoms with van der Waals surface area (Å²) in [5.74, 6) is 2.74. The molecule has 3 aliphatic carbocycles. The Morgan fingerprint density at radius 1 is 1.43 bits per heavy atom. The minimum absolute atomic E-state index is 0.0530. The Kier molecular flexibility index (Phi) is 4.32. The van der Waals surface area contributed by atoms with E-state index >= 15 is 0 Å². The highest BCUT2D eigenvalue weighted by Gasteiger charge is 2.47. The molecule has 4 atom stereocenters. The molecule has 0 radical (unpaired) electrons. The predicted octanol–water partition coefficient (Wildman–Crippen LogP) is 2.97. The number of terminal acetylenes is 1. The summed E-state index contributed by atoms with van der Waals surface area (Å²) >= 11 is 0. The summed E-state index contributed by atoms with van der Waals surface area (Å²) in [5, 5.41) is 9.92. The van der Waals surface area contributed by atoms with Gasteiger partial charge in [-0.3, -0.25) is 4.90 Å². The van der Waals surface area contributed by atoms with Crippen molar-refractivity contribution in [3.05, 3.63) is 23.8 Å². The van der Waals surface area contributed by atoms with Crippen LogP contribution in [0, 0.1) is 25.2 Å². The molecule has 0 aromatic carbocycles. The molecule has 1 amide bonds. The van der Waals surface area contributed by atoms with E-state index in [0.29, 0.717) is 6.42 Å². The number of aliphatic hydroxyl groups excluding tert-OH is 1. The zero-order chi connectivity index (χ0) is 16.6. The van der Waals surface area contributed by atoms with Crippen molar-refractivity contribution in [3.63, 3.8) is 0 Å². The summed E-state index contributed by atoms with van der Waals surface area (Å²) in [5.41, 5.74) is 4.36. The molecule has 1 aliphatic heterocycles. The van der Waals surface area contributed by atoms with Gasteiger partial charge in [0.05, 0.1) is 19.3 Å². The zero-order valence-electron chi connectivity index (χ0n) is 13.7. The first-order chi connectivity index (χ1) is 11.1. The number of aryl methyl sites for hydroxylation is 1. The quantitative estimate of drug-likeness (QED) is 0.761. The number of hydrogen-bond donors (Lipinski definition) is 1. The molecule has 0 bridgehead atoms. The van der Waals surface area contributed by atoms with E-state index in [4.69, 9.17) is 11.2 Å². The lowest BCUT2D eigenvalue weighted by Gasteiger charge is -2.34. The zero-order valence-corrected chi connectivity index (χ0v) is 13.7. The van der Waals surface area contributed by atoms with E-state index in [9.17, 15) is 9.90 Å². The van der Waals surface area contributed by atoms with Gasteiger partial charge in [0.1, 0.15) is 0 Å². The number of methoxy groups -OCH3 is 1. The number of amides is 1.